The Morgan fingerprint density at radius 1 is 0.667 bits per heavy atom. The fraction of sp³-hybridized carbons (Fsp3) is 0.100. The molecule has 0 aromatic heterocycles. The normalized spacial score (nSPS) is 8.86. The molecular weight excluding hydrogens is 306 g/mol. The van der Waals surface area contributed by atoms with Crippen LogP contribution in [0.2, 0.25) is 0 Å². The van der Waals surface area contributed by atoms with Crippen molar-refractivity contribution >= 4 is 12.2 Å². The second-order valence-corrected chi connectivity index (χ2v) is 4.39. The second-order valence-electron chi connectivity index (χ2n) is 4.39. The second kappa shape index (κ2) is 11.2. The molecule has 0 heterocycles. The van der Waals surface area contributed by atoms with Gasteiger partial charge in [-0.1, -0.05) is 85.0 Å². The van der Waals surface area contributed by atoms with Crippen molar-refractivity contribution in [2.45, 2.75) is 12.8 Å². The van der Waals surface area contributed by atoms with E-state index < -0.39 is 0 Å². The van der Waals surface area contributed by atoms with Gasteiger partial charge in [0, 0.05) is 0 Å². The van der Waals surface area contributed by atoms with E-state index in [-0.39, 0.29) is 19.5 Å². The minimum absolute atomic E-state index is 0. The fourth-order valence-corrected chi connectivity index (χ4v) is 1.64. The molecule has 0 nitrogen and oxygen atoms in total. The molecule has 21 heavy (non-hydrogen) atoms. The first-order chi connectivity index (χ1) is 9.73. The minimum Gasteiger partial charge on any atom is -0.339 e. The summed E-state index contributed by atoms with van der Waals surface area (Å²) in [4.78, 5) is 0. The van der Waals surface area contributed by atoms with Crippen LogP contribution in [-0.4, -0.2) is 0 Å². The summed E-state index contributed by atoms with van der Waals surface area (Å²) in [6.45, 7) is 14.9. The van der Waals surface area contributed by atoms with Crippen molar-refractivity contribution in [2.24, 2.45) is 0 Å². The smallest absolute Gasteiger partial charge is 0.339 e. The first kappa shape index (κ1) is 19.5. The van der Waals surface area contributed by atoms with Crippen LogP contribution in [0.4, 0.5) is 0 Å². The summed E-state index contributed by atoms with van der Waals surface area (Å²) in [7, 11) is 0. The predicted octanol–water partition coefficient (Wildman–Crippen LogP) is 5.41. The van der Waals surface area contributed by atoms with Gasteiger partial charge in [-0.2, -0.15) is 12.8 Å². The van der Waals surface area contributed by atoms with Gasteiger partial charge < -0.3 is 13.8 Å². The molecule has 0 aliphatic carbocycles. The average molecular weight is 328 g/mol. The molecule has 0 atom stereocenters. The zero-order valence-corrected chi connectivity index (χ0v) is 15.7. The Kier molecular flexibility index (Phi) is 10.5. The maximum absolute atomic E-state index is 3.79. The Morgan fingerprint density at radius 3 is 1.14 bits per heavy atom. The molecule has 1 heteroatoms. The zero-order valence-electron chi connectivity index (χ0n) is 12.7. The van der Waals surface area contributed by atoms with Crippen LogP contribution in [0.25, 0.3) is 12.2 Å². The maximum atomic E-state index is 3.79. The quantitative estimate of drug-likeness (QED) is 0.520. The molecule has 0 radical (unpaired) electrons. The minimum atomic E-state index is 0. The SMILES string of the molecule is C=Cc1ccc(C[CH2-])cc1.C=Cc1ccc(C[CH2-])cc1.[Zn+2]. The number of hydrogen-bond acceptors (Lipinski definition) is 0. The molecule has 0 unspecified atom stereocenters. The van der Waals surface area contributed by atoms with Gasteiger partial charge in [-0.3, -0.25) is 0 Å². The van der Waals surface area contributed by atoms with E-state index >= 15 is 0 Å². The van der Waals surface area contributed by atoms with Gasteiger partial charge in [0.25, 0.3) is 0 Å². The Bertz CT molecular complexity index is 469. The summed E-state index contributed by atoms with van der Waals surface area (Å²) >= 11 is 0. The van der Waals surface area contributed by atoms with Crippen molar-refractivity contribution in [3.63, 3.8) is 0 Å². The van der Waals surface area contributed by atoms with E-state index in [2.05, 4.69) is 51.3 Å². The van der Waals surface area contributed by atoms with E-state index in [0.717, 1.165) is 24.0 Å². The van der Waals surface area contributed by atoms with Gasteiger partial charge in [0.15, 0.2) is 0 Å². The molecule has 0 bridgehead atoms. The Balaban J connectivity index is 0.000000364. The molecule has 0 aliphatic rings. The van der Waals surface area contributed by atoms with Crippen molar-refractivity contribution in [2.75, 3.05) is 0 Å². The topological polar surface area (TPSA) is 0 Å². The van der Waals surface area contributed by atoms with Gasteiger partial charge in [-0.15, -0.1) is 0 Å². The molecule has 0 N–H and O–H groups in total. The fourth-order valence-electron chi connectivity index (χ4n) is 1.64. The predicted molar refractivity (Wildman–Crippen MR) is 91.2 cm³/mol. The summed E-state index contributed by atoms with van der Waals surface area (Å²) in [6, 6.07) is 16.5. The van der Waals surface area contributed by atoms with E-state index in [9.17, 15) is 0 Å². The monoisotopic (exact) mass is 326 g/mol. The molecule has 0 fully saturated rings. The number of rotatable bonds is 4. The first-order valence-corrected chi connectivity index (χ1v) is 6.74. The van der Waals surface area contributed by atoms with Crippen molar-refractivity contribution < 1.29 is 19.5 Å². The van der Waals surface area contributed by atoms with E-state index in [1.807, 2.05) is 36.4 Å². The van der Waals surface area contributed by atoms with Crippen LogP contribution in [-0.2, 0) is 32.3 Å². The molecule has 2 aromatic rings. The zero-order chi connectivity index (χ0) is 14.8. The van der Waals surface area contributed by atoms with Crippen molar-refractivity contribution in [3.05, 3.63) is 97.8 Å². The van der Waals surface area contributed by atoms with E-state index in [1.165, 1.54) is 11.1 Å². The van der Waals surface area contributed by atoms with Crippen LogP contribution >= 0.6 is 0 Å². The third kappa shape index (κ3) is 7.20. The molecule has 2 rings (SSSR count). The molecule has 0 saturated heterocycles. The van der Waals surface area contributed by atoms with Gasteiger partial charge in [0.05, 0.1) is 0 Å². The number of hydrogen-bond donors (Lipinski definition) is 0. The molecule has 0 amide bonds. The first-order valence-electron chi connectivity index (χ1n) is 6.74. The van der Waals surface area contributed by atoms with Crippen molar-refractivity contribution in [1.29, 1.82) is 0 Å². The standard InChI is InChI=1S/2C10H11.Zn/c2*1-3-9-5-7-10(4-2)8-6-9;/h2*3,5-8H,1-2,4H2;/q2*-1;+2. The summed E-state index contributed by atoms with van der Waals surface area (Å²) < 4.78 is 0. The Hall–Kier alpha value is -1.46. The van der Waals surface area contributed by atoms with Crippen molar-refractivity contribution in [1.82, 2.24) is 0 Å². The van der Waals surface area contributed by atoms with Gasteiger partial charge in [0.2, 0.25) is 0 Å². The summed E-state index contributed by atoms with van der Waals surface area (Å²) in [5.41, 5.74) is 4.87. The largest absolute Gasteiger partial charge is 2.00 e. The molecule has 0 saturated carbocycles. The van der Waals surface area contributed by atoms with Crippen LogP contribution in [0.1, 0.15) is 22.3 Å². The molecular formula is C20H22Zn. The van der Waals surface area contributed by atoms with E-state index in [0.29, 0.717) is 0 Å². The van der Waals surface area contributed by atoms with E-state index in [1.54, 1.807) is 0 Å². The van der Waals surface area contributed by atoms with Gasteiger partial charge >= 0.3 is 19.5 Å². The third-order valence-corrected chi connectivity index (χ3v) is 3.01. The molecule has 0 aliphatic heterocycles. The number of benzene rings is 2. The Labute approximate surface area is 142 Å². The van der Waals surface area contributed by atoms with Crippen molar-refractivity contribution in [3.8, 4) is 0 Å². The van der Waals surface area contributed by atoms with Crippen LogP contribution in [0.5, 0.6) is 0 Å². The van der Waals surface area contributed by atoms with Crippen LogP contribution < -0.4 is 0 Å². The molecule has 2 aromatic carbocycles. The van der Waals surface area contributed by atoms with Crippen LogP contribution in [0, 0.1) is 13.8 Å². The van der Waals surface area contributed by atoms with E-state index in [4.69, 9.17) is 0 Å². The van der Waals surface area contributed by atoms with Gasteiger partial charge in [0.1, 0.15) is 0 Å². The van der Waals surface area contributed by atoms with Crippen LogP contribution in [0.15, 0.2) is 61.7 Å². The third-order valence-electron chi connectivity index (χ3n) is 3.01. The summed E-state index contributed by atoms with van der Waals surface area (Å²) in [5.74, 6) is 0. The summed E-state index contributed by atoms with van der Waals surface area (Å²) in [5, 5.41) is 0. The molecule has 104 valence electrons. The van der Waals surface area contributed by atoms with Gasteiger partial charge in [-0.05, 0) is 11.1 Å². The summed E-state index contributed by atoms with van der Waals surface area (Å²) in [6.07, 6.45) is 5.40. The molecule has 0 spiro atoms. The van der Waals surface area contributed by atoms with Gasteiger partial charge in [-0.25, -0.2) is 0 Å². The van der Waals surface area contributed by atoms with Crippen LogP contribution in [0.3, 0.4) is 0 Å². The average Bonchev–Trinajstić information content (AvgIpc) is 2.55. The Morgan fingerprint density at radius 2 is 0.952 bits per heavy atom. The maximum Gasteiger partial charge on any atom is 2.00 e.